The van der Waals surface area contributed by atoms with Crippen molar-refractivity contribution < 1.29 is 13.2 Å². The highest BCUT2D eigenvalue weighted by Crippen LogP contribution is 2.21. The molecule has 0 unspecified atom stereocenters. The lowest BCUT2D eigenvalue weighted by molar-refractivity contribution is -0.122. The van der Waals surface area contributed by atoms with Gasteiger partial charge in [0.2, 0.25) is 15.9 Å². The molecule has 0 aromatic heterocycles. The predicted molar refractivity (Wildman–Crippen MR) is 90.3 cm³/mol. The van der Waals surface area contributed by atoms with E-state index in [9.17, 15) is 13.2 Å². The first-order valence-corrected chi connectivity index (χ1v) is 9.44. The molecule has 0 saturated carbocycles. The molecule has 0 heterocycles. The summed E-state index contributed by atoms with van der Waals surface area (Å²) < 4.78 is 25.5. The molecule has 1 aromatic rings. The van der Waals surface area contributed by atoms with Gasteiger partial charge in [-0.25, -0.2) is 8.42 Å². The van der Waals surface area contributed by atoms with Gasteiger partial charge in [0.25, 0.3) is 0 Å². The smallest absolute Gasteiger partial charge is 0.243 e. The predicted octanol–water partition coefficient (Wildman–Crippen LogP) is 2.39. The van der Waals surface area contributed by atoms with E-state index in [0.717, 1.165) is 12.7 Å². The van der Waals surface area contributed by atoms with Crippen LogP contribution in [0.25, 0.3) is 0 Å². The lowest BCUT2D eigenvalue weighted by Gasteiger charge is -2.30. The van der Waals surface area contributed by atoms with Gasteiger partial charge in [-0.3, -0.25) is 9.10 Å². The molecule has 1 atom stereocenters. The van der Waals surface area contributed by atoms with Crippen molar-refractivity contribution in [2.45, 2.75) is 39.7 Å². The molecule has 0 aliphatic rings. The molecule has 0 aliphatic carbocycles. The first kappa shape index (κ1) is 18.5. The highest BCUT2D eigenvalue weighted by Gasteiger charge is 2.31. The number of carbonyl (C=O) groups excluding carboxylic acids is 1. The van der Waals surface area contributed by atoms with Crippen molar-refractivity contribution in [1.29, 1.82) is 0 Å². The highest BCUT2D eigenvalue weighted by molar-refractivity contribution is 7.92. The summed E-state index contributed by atoms with van der Waals surface area (Å²) >= 11 is 0. The van der Waals surface area contributed by atoms with Crippen LogP contribution in [0, 0.1) is 5.92 Å². The van der Waals surface area contributed by atoms with Gasteiger partial charge in [-0.2, -0.15) is 0 Å². The fourth-order valence-corrected chi connectivity index (χ4v) is 3.45. The number of sulfonamides is 1. The summed E-state index contributed by atoms with van der Waals surface area (Å²) in [7, 11) is -3.54. The van der Waals surface area contributed by atoms with E-state index in [1.165, 1.54) is 4.31 Å². The Bertz CT molecular complexity index is 570. The summed E-state index contributed by atoms with van der Waals surface area (Å²) in [5.74, 6) is 0.234. The molecule has 124 valence electrons. The van der Waals surface area contributed by atoms with Gasteiger partial charge in [0.15, 0.2) is 0 Å². The van der Waals surface area contributed by atoms with Gasteiger partial charge in [0, 0.05) is 6.54 Å². The zero-order chi connectivity index (χ0) is 16.8. The van der Waals surface area contributed by atoms with Crippen molar-refractivity contribution >= 4 is 21.6 Å². The summed E-state index contributed by atoms with van der Waals surface area (Å²) in [6, 6.07) is 8.00. The second kappa shape index (κ2) is 8.17. The second-order valence-electron chi connectivity index (χ2n) is 5.79. The third kappa shape index (κ3) is 5.33. The summed E-state index contributed by atoms with van der Waals surface area (Å²) in [6.07, 6.45) is 2.41. The number of carbonyl (C=O) groups is 1. The normalized spacial score (nSPS) is 13.0. The van der Waals surface area contributed by atoms with E-state index in [2.05, 4.69) is 19.2 Å². The van der Waals surface area contributed by atoms with E-state index in [4.69, 9.17) is 0 Å². The average molecular weight is 326 g/mol. The molecule has 0 fully saturated rings. The van der Waals surface area contributed by atoms with Crippen LogP contribution in [0.5, 0.6) is 0 Å². The van der Waals surface area contributed by atoms with E-state index >= 15 is 0 Å². The molecule has 0 bridgehead atoms. The van der Waals surface area contributed by atoms with Crippen molar-refractivity contribution in [3.05, 3.63) is 30.3 Å². The fraction of sp³-hybridized carbons (Fsp3) is 0.562. The topological polar surface area (TPSA) is 66.5 Å². The van der Waals surface area contributed by atoms with Crippen LogP contribution < -0.4 is 9.62 Å². The Morgan fingerprint density at radius 3 is 2.27 bits per heavy atom. The Hall–Kier alpha value is -1.56. The summed E-state index contributed by atoms with van der Waals surface area (Å²) in [6.45, 7) is 6.53. The maximum atomic E-state index is 12.4. The molecular weight excluding hydrogens is 300 g/mol. The first-order valence-electron chi connectivity index (χ1n) is 7.59. The van der Waals surface area contributed by atoms with Crippen LogP contribution in [0.4, 0.5) is 5.69 Å². The fourth-order valence-electron chi connectivity index (χ4n) is 2.24. The number of hydrogen-bond acceptors (Lipinski definition) is 3. The van der Waals surface area contributed by atoms with Crippen LogP contribution in [0.1, 0.15) is 33.6 Å². The molecule has 22 heavy (non-hydrogen) atoms. The molecule has 0 saturated heterocycles. The number of nitrogens with one attached hydrogen (secondary N) is 1. The van der Waals surface area contributed by atoms with E-state index in [1.54, 1.807) is 24.3 Å². The molecule has 1 amide bonds. The summed E-state index contributed by atoms with van der Waals surface area (Å²) in [4.78, 5) is 12.4. The largest absolute Gasteiger partial charge is 0.354 e. The molecule has 0 aliphatic heterocycles. The minimum atomic E-state index is -3.54. The minimum absolute atomic E-state index is 0.252. The quantitative estimate of drug-likeness (QED) is 0.797. The molecule has 1 N–H and O–H groups in total. The van der Waals surface area contributed by atoms with Crippen LogP contribution in [-0.4, -0.2) is 33.2 Å². The molecule has 6 heteroatoms. The van der Waals surface area contributed by atoms with E-state index < -0.39 is 16.1 Å². The zero-order valence-electron chi connectivity index (χ0n) is 13.7. The lowest BCUT2D eigenvalue weighted by atomic mass is 10.1. The third-order valence-corrected chi connectivity index (χ3v) is 4.54. The van der Waals surface area contributed by atoms with Gasteiger partial charge in [0.05, 0.1) is 11.9 Å². The molecular formula is C16H26N2O3S. The van der Waals surface area contributed by atoms with Crippen LogP contribution in [0.3, 0.4) is 0 Å². The Morgan fingerprint density at radius 1 is 1.23 bits per heavy atom. The van der Waals surface area contributed by atoms with E-state index in [1.807, 2.05) is 13.0 Å². The van der Waals surface area contributed by atoms with Gasteiger partial charge in [-0.1, -0.05) is 39.0 Å². The standard InChI is InChI=1S/C16H26N2O3S/c1-5-15(16(19)17-12-11-13(2)3)18(22(4,20)21)14-9-7-6-8-10-14/h6-10,13,15H,5,11-12H2,1-4H3,(H,17,19)/t15-/m0/s1. The van der Waals surface area contributed by atoms with Gasteiger partial charge >= 0.3 is 0 Å². The lowest BCUT2D eigenvalue weighted by Crippen LogP contribution is -2.49. The number of anilines is 1. The SMILES string of the molecule is CC[C@@H](C(=O)NCCC(C)C)N(c1ccccc1)S(C)(=O)=O. The molecule has 1 aromatic carbocycles. The highest BCUT2D eigenvalue weighted by atomic mass is 32.2. The Labute approximate surface area is 133 Å². The monoisotopic (exact) mass is 326 g/mol. The second-order valence-corrected chi connectivity index (χ2v) is 7.65. The van der Waals surface area contributed by atoms with Crippen LogP contribution in [0.2, 0.25) is 0 Å². The molecule has 0 spiro atoms. The van der Waals surface area contributed by atoms with E-state index in [-0.39, 0.29) is 5.91 Å². The van der Waals surface area contributed by atoms with Crippen molar-refractivity contribution in [3.8, 4) is 0 Å². The summed E-state index contributed by atoms with van der Waals surface area (Å²) in [5.41, 5.74) is 0.510. The van der Waals surface area contributed by atoms with Crippen molar-refractivity contribution in [2.75, 3.05) is 17.1 Å². The Balaban J connectivity index is 2.98. The average Bonchev–Trinajstić information content (AvgIpc) is 2.43. The number of para-hydroxylation sites is 1. The van der Waals surface area contributed by atoms with Gasteiger partial charge < -0.3 is 5.32 Å². The Kier molecular flexibility index (Phi) is 6.87. The zero-order valence-corrected chi connectivity index (χ0v) is 14.6. The number of rotatable bonds is 8. The van der Waals surface area contributed by atoms with Crippen molar-refractivity contribution in [2.24, 2.45) is 5.92 Å². The Morgan fingerprint density at radius 2 is 1.82 bits per heavy atom. The maximum absolute atomic E-state index is 12.4. The molecule has 5 nitrogen and oxygen atoms in total. The minimum Gasteiger partial charge on any atom is -0.354 e. The maximum Gasteiger partial charge on any atom is 0.243 e. The molecule has 0 radical (unpaired) electrons. The number of amides is 1. The number of hydrogen-bond donors (Lipinski definition) is 1. The summed E-state index contributed by atoms with van der Waals surface area (Å²) in [5, 5.41) is 2.84. The van der Waals surface area contributed by atoms with Crippen molar-refractivity contribution in [1.82, 2.24) is 5.32 Å². The third-order valence-electron chi connectivity index (χ3n) is 3.36. The van der Waals surface area contributed by atoms with Crippen LogP contribution in [-0.2, 0) is 14.8 Å². The number of nitrogens with zero attached hydrogens (tertiary/aromatic N) is 1. The van der Waals surface area contributed by atoms with E-state index in [0.29, 0.717) is 24.6 Å². The van der Waals surface area contributed by atoms with Gasteiger partial charge in [-0.05, 0) is 30.9 Å². The van der Waals surface area contributed by atoms with Gasteiger partial charge in [-0.15, -0.1) is 0 Å². The van der Waals surface area contributed by atoms with Crippen LogP contribution in [0.15, 0.2) is 30.3 Å². The first-order chi connectivity index (χ1) is 10.3. The van der Waals surface area contributed by atoms with Crippen molar-refractivity contribution in [3.63, 3.8) is 0 Å². The van der Waals surface area contributed by atoms with Gasteiger partial charge in [0.1, 0.15) is 6.04 Å². The molecule has 1 rings (SSSR count). The number of benzene rings is 1. The van der Waals surface area contributed by atoms with Crippen LogP contribution >= 0.6 is 0 Å².